The Morgan fingerprint density at radius 3 is 3.00 bits per heavy atom. The Kier molecular flexibility index (Phi) is 2.80. The van der Waals surface area contributed by atoms with Gasteiger partial charge in [0.1, 0.15) is 6.67 Å². The Balaban J connectivity index is 2.85. The molecule has 1 rings (SSSR count). The van der Waals surface area contributed by atoms with Crippen LogP contribution >= 0.6 is 0 Å². The second kappa shape index (κ2) is 3.85. The number of nitrogens with one attached hydrogen (secondary N) is 1. The monoisotopic (exact) mass is 167 g/mol. The third kappa shape index (κ3) is 1.61. The summed E-state index contributed by atoms with van der Waals surface area (Å²) in [5, 5.41) is 2.62. The van der Waals surface area contributed by atoms with Crippen molar-refractivity contribution in [3.63, 3.8) is 0 Å². The summed E-state index contributed by atoms with van der Waals surface area (Å²) in [4.78, 5) is 11.0. The summed E-state index contributed by atoms with van der Waals surface area (Å²) < 4.78 is 11.7. The van der Waals surface area contributed by atoms with Crippen LogP contribution in [0.2, 0.25) is 0 Å². The highest BCUT2D eigenvalue weighted by atomic mass is 19.1. The molecule has 1 aliphatic rings. The zero-order valence-corrected chi connectivity index (χ0v) is 6.64. The van der Waals surface area contributed by atoms with E-state index in [1.54, 1.807) is 6.08 Å². The first kappa shape index (κ1) is 8.71. The van der Waals surface area contributed by atoms with Crippen molar-refractivity contribution in [3.05, 3.63) is 36.0 Å². The molecule has 1 aliphatic heterocycles. The van der Waals surface area contributed by atoms with Gasteiger partial charge in [0.05, 0.1) is 0 Å². The maximum Gasteiger partial charge on any atom is 0.251 e. The molecule has 1 N–H and O–H groups in total. The van der Waals surface area contributed by atoms with E-state index < -0.39 is 6.67 Å². The summed E-state index contributed by atoms with van der Waals surface area (Å²) in [7, 11) is 0. The fourth-order valence-corrected chi connectivity index (χ4v) is 1.07. The molecule has 64 valence electrons. The largest absolute Gasteiger partial charge is 0.348 e. The molecule has 0 unspecified atom stereocenters. The van der Waals surface area contributed by atoms with E-state index in [0.29, 0.717) is 12.1 Å². The number of hydrogen-bond acceptors (Lipinski definition) is 1. The maximum absolute atomic E-state index is 11.7. The van der Waals surface area contributed by atoms with Gasteiger partial charge in [-0.2, -0.15) is 0 Å². The first-order valence-electron chi connectivity index (χ1n) is 3.66. The molecule has 12 heavy (non-hydrogen) atoms. The van der Waals surface area contributed by atoms with E-state index in [0.717, 1.165) is 5.57 Å². The van der Waals surface area contributed by atoms with Gasteiger partial charge in [0.2, 0.25) is 0 Å². The highest BCUT2D eigenvalue weighted by Gasteiger charge is 2.16. The maximum atomic E-state index is 11.7. The zero-order chi connectivity index (χ0) is 8.97. The molecule has 0 aromatic carbocycles. The fourth-order valence-electron chi connectivity index (χ4n) is 1.07. The Morgan fingerprint density at radius 1 is 1.67 bits per heavy atom. The van der Waals surface area contributed by atoms with Crippen molar-refractivity contribution in [1.82, 2.24) is 5.32 Å². The number of rotatable bonds is 3. The highest BCUT2D eigenvalue weighted by molar-refractivity contribution is 6.00. The quantitative estimate of drug-likeness (QED) is 0.670. The molecule has 0 aromatic rings. The van der Waals surface area contributed by atoms with E-state index in [1.807, 2.05) is 0 Å². The van der Waals surface area contributed by atoms with E-state index in [2.05, 4.69) is 11.9 Å². The highest BCUT2D eigenvalue weighted by Crippen LogP contribution is 2.12. The SMILES string of the molecule is C=CC1=C(/C=C\CF)CNC1=O. The predicted molar refractivity (Wildman–Crippen MR) is 45.3 cm³/mol. The Morgan fingerprint density at radius 2 is 2.42 bits per heavy atom. The second-order valence-electron chi connectivity index (χ2n) is 2.38. The summed E-state index contributed by atoms with van der Waals surface area (Å²) in [6.07, 6.45) is 4.47. The van der Waals surface area contributed by atoms with Crippen LogP contribution in [0, 0.1) is 0 Å². The van der Waals surface area contributed by atoms with Crippen LogP contribution in [0.5, 0.6) is 0 Å². The van der Waals surface area contributed by atoms with Crippen molar-refractivity contribution in [2.45, 2.75) is 0 Å². The van der Waals surface area contributed by atoms with Crippen molar-refractivity contribution in [2.24, 2.45) is 0 Å². The molecule has 0 fully saturated rings. The van der Waals surface area contributed by atoms with Crippen LogP contribution < -0.4 is 5.32 Å². The normalized spacial score (nSPS) is 17.2. The number of carbonyl (C=O) groups excluding carboxylic acids is 1. The van der Waals surface area contributed by atoms with Crippen molar-refractivity contribution >= 4 is 5.91 Å². The molecule has 0 atom stereocenters. The first-order chi connectivity index (χ1) is 5.79. The zero-order valence-electron chi connectivity index (χ0n) is 6.64. The second-order valence-corrected chi connectivity index (χ2v) is 2.38. The Labute approximate surface area is 70.5 Å². The van der Waals surface area contributed by atoms with E-state index in [1.165, 1.54) is 12.2 Å². The van der Waals surface area contributed by atoms with Gasteiger partial charge in [0.15, 0.2) is 0 Å². The standard InChI is InChI=1S/C9H10FNO/c1-2-8-7(4-3-5-10)6-11-9(8)12/h2-4H,1,5-6H2,(H,11,12)/b4-3-. The van der Waals surface area contributed by atoms with Gasteiger partial charge in [-0.05, 0) is 5.57 Å². The molecule has 0 saturated heterocycles. The van der Waals surface area contributed by atoms with E-state index in [4.69, 9.17) is 0 Å². The molecule has 0 aliphatic carbocycles. The van der Waals surface area contributed by atoms with E-state index in [9.17, 15) is 9.18 Å². The van der Waals surface area contributed by atoms with Gasteiger partial charge in [-0.15, -0.1) is 0 Å². The van der Waals surface area contributed by atoms with Gasteiger partial charge < -0.3 is 5.32 Å². The van der Waals surface area contributed by atoms with E-state index in [-0.39, 0.29) is 5.91 Å². The minimum atomic E-state index is -0.512. The van der Waals surface area contributed by atoms with Crippen molar-refractivity contribution in [2.75, 3.05) is 13.2 Å². The van der Waals surface area contributed by atoms with Gasteiger partial charge in [-0.3, -0.25) is 4.79 Å². The number of amides is 1. The van der Waals surface area contributed by atoms with Crippen LogP contribution in [0.1, 0.15) is 0 Å². The third-order valence-corrected chi connectivity index (χ3v) is 1.64. The van der Waals surface area contributed by atoms with Gasteiger partial charge in [-0.1, -0.05) is 24.8 Å². The smallest absolute Gasteiger partial charge is 0.251 e. The Bertz CT molecular complexity index is 266. The third-order valence-electron chi connectivity index (χ3n) is 1.64. The van der Waals surface area contributed by atoms with Crippen LogP contribution in [-0.4, -0.2) is 19.1 Å². The van der Waals surface area contributed by atoms with Gasteiger partial charge in [0, 0.05) is 12.1 Å². The molecule has 1 amide bonds. The molecule has 0 saturated carbocycles. The molecule has 0 aromatic heterocycles. The molecular weight excluding hydrogens is 157 g/mol. The van der Waals surface area contributed by atoms with Crippen LogP contribution in [0.3, 0.4) is 0 Å². The Hall–Kier alpha value is -1.38. The van der Waals surface area contributed by atoms with Crippen LogP contribution in [0.4, 0.5) is 4.39 Å². The van der Waals surface area contributed by atoms with Gasteiger partial charge in [-0.25, -0.2) is 4.39 Å². The average Bonchev–Trinajstić information content (AvgIpc) is 2.43. The van der Waals surface area contributed by atoms with Gasteiger partial charge in [0.25, 0.3) is 5.91 Å². The number of hydrogen-bond donors (Lipinski definition) is 1. The number of allylic oxidation sites excluding steroid dienone is 1. The molecule has 3 heteroatoms. The molecule has 0 radical (unpaired) electrons. The molecule has 0 bridgehead atoms. The van der Waals surface area contributed by atoms with Crippen LogP contribution in [0.25, 0.3) is 0 Å². The molecular formula is C9H10FNO. The minimum absolute atomic E-state index is 0.136. The van der Waals surface area contributed by atoms with Crippen molar-refractivity contribution in [3.8, 4) is 0 Å². The predicted octanol–water partition coefficient (Wildman–Crippen LogP) is 1.12. The van der Waals surface area contributed by atoms with Crippen LogP contribution in [-0.2, 0) is 4.79 Å². The summed E-state index contributed by atoms with van der Waals surface area (Å²) in [5.74, 6) is -0.136. The summed E-state index contributed by atoms with van der Waals surface area (Å²) >= 11 is 0. The lowest BCUT2D eigenvalue weighted by molar-refractivity contribution is -0.116. The number of carbonyl (C=O) groups is 1. The summed E-state index contributed by atoms with van der Waals surface area (Å²) in [6, 6.07) is 0. The number of halogens is 1. The lowest BCUT2D eigenvalue weighted by atomic mass is 10.1. The van der Waals surface area contributed by atoms with Crippen LogP contribution in [0.15, 0.2) is 36.0 Å². The van der Waals surface area contributed by atoms with Crippen molar-refractivity contribution in [1.29, 1.82) is 0 Å². The number of alkyl halides is 1. The van der Waals surface area contributed by atoms with Crippen molar-refractivity contribution < 1.29 is 9.18 Å². The summed E-state index contributed by atoms with van der Waals surface area (Å²) in [5.41, 5.74) is 1.34. The molecule has 0 spiro atoms. The van der Waals surface area contributed by atoms with E-state index >= 15 is 0 Å². The lowest BCUT2D eigenvalue weighted by Gasteiger charge is -1.90. The lowest BCUT2D eigenvalue weighted by Crippen LogP contribution is -2.16. The molecule has 2 nitrogen and oxygen atoms in total. The fraction of sp³-hybridized carbons (Fsp3) is 0.222. The average molecular weight is 167 g/mol. The summed E-state index contributed by atoms with van der Waals surface area (Å²) in [6.45, 7) is 3.46. The molecule has 1 heterocycles. The minimum Gasteiger partial charge on any atom is -0.348 e. The topological polar surface area (TPSA) is 29.1 Å². The first-order valence-corrected chi connectivity index (χ1v) is 3.66. The van der Waals surface area contributed by atoms with Gasteiger partial charge >= 0.3 is 0 Å².